The summed E-state index contributed by atoms with van der Waals surface area (Å²) < 4.78 is 4.74. The van der Waals surface area contributed by atoms with E-state index in [1.54, 1.807) is 30.5 Å². The van der Waals surface area contributed by atoms with E-state index in [9.17, 15) is 4.79 Å². The highest BCUT2D eigenvalue weighted by Gasteiger charge is 2.07. The predicted molar refractivity (Wildman–Crippen MR) is 107 cm³/mol. The molecule has 3 rings (SSSR count). The van der Waals surface area contributed by atoms with Gasteiger partial charge in [-0.25, -0.2) is 9.78 Å². The number of methoxy groups -OCH3 is 1. The molecule has 0 radical (unpaired) electrons. The van der Waals surface area contributed by atoms with Gasteiger partial charge in [0.1, 0.15) is 5.82 Å². The van der Waals surface area contributed by atoms with E-state index in [4.69, 9.17) is 4.74 Å². The van der Waals surface area contributed by atoms with Gasteiger partial charge in [-0.2, -0.15) is 4.98 Å². The van der Waals surface area contributed by atoms with Crippen molar-refractivity contribution in [3.8, 4) is 0 Å². The number of aromatic nitrogens is 2. The molecule has 0 saturated heterocycles. The third kappa shape index (κ3) is 4.72. The van der Waals surface area contributed by atoms with Crippen molar-refractivity contribution in [2.75, 3.05) is 36.7 Å². The second-order valence-electron chi connectivity index (χ2n) is 6.03. The van der Waals surface area contributed by atoms with Gasteiger partial charge in [-0.15, -0.1) is 0 Å². The second-order valence-corrected chi connectivity index (χ2v) is 6.03. The van der Waals surface area contributed by atoms with Crippen LogP contribution >= 0.6 is 0 Å². The van der Waals surface area contributed by atoms with E-state index in [0.29, 0.717) is 23.0 Å². The Morgan fingerprint density at radius 3 is 2.48 bits per heavy atom. The largest absolute Gasteiger partial charge is 0.465 e. The van der Waals surface area contributed by atoms with Gasteiger partial charge in [0.15, 0.2) is 0 Å². The molecule has 27 heavy (non-hydrogen) atoms. The van der Waals surface area contributed by atoms with Crippen molar-refractivity contribution in [1.29, 1.82) is 0 Å². The van der Waals surface area contributed by atoms with Gasteiger partial charge >= 0.3 is 5.97 Å². The van der Waals surface area contributed by atoms with Gasteiger partial charge in [0.25, 0.3) is 0 Å². The van der Waals surface area contributed by atoms with Crippen LogP contribution in [0.4, 0.5) is 28.8 Å². The minimum atomic E-state index is -0.392. The number of hydrogen-bond acceptors (Lipinski definition) is 7. The van der Waals surface area contributed by atoms with Crippen LogP contribution in [-0.4, -0.2) is 37.1 Å². The summed E-state index contributed by atoms with van der Waals surface area (Å²) in [6.07, 6.45) is 1.66. The molecule has 1 heterocycles. The fourth-order valence-corrected chi connectivity index (χ4v) is 2.45. The molecule has 7 heteroatoms. The smallest absolute Gasteiger partial charge is 0.337 e. The Balaban J connectivity index is 1.73. The average Bonchev–Trinajstić information content (AvgIpc) is 2.68. The fraction of sp³-hybridized carbons (Fsp3) is 0.150. The quantitative estimate of drug-likeness (QED) is 0.645. The molecule has 0 atom stereocenters. The Kier molecular flexibility index (Phi) is 5.51. The van der Waals surface area contributed by atoms with Crippen LogP contribution in [0.5, 0.6) is 0 Å². The Morgan fingerprint density at radius 2 is 1.78 bits per heavy atom. The normalized spacial score (nSPS) is 10.2. The van der Waals surface area contributed by atoms with Gasteiger partial charge in [0.05, 0.1) is 12.7 Å². The Bertz CT molecular complexity index is 926. The lowest BCUT2D eigenvalue weighted by atomic mass is 10.2. The van der Waals surface area contributed by atoms with Crippen LogP contribution in [0.1, 0.15) is 10.4 Å². The first kappa shape index (κ1) is 18.2. The number of nitrogens with one attached hydrogen (secondary N) is 2. The zero-order chi connectivity index (χ0) is 19.2. The van der Waals surface area contributed by atoms with Crippen LogP contribution in [0.2, 0.25) is 0 Å². The summed E-state index contributed by atoms with van der Waals surface area (Å²) in [5.74, 6) is 0.692. The number of ether oxygens (including phenoxy) is 1. The topological polar surface area (TPSA) is 79.4 Å². The maximum Gasteiger partial charge on any atom is 0.337 e. The standard InChI is InChI=1S/C20H21N5O2/c1-25(2)17-9-7-15(8-10-17)22-18-11-12-21-20(24-18)23-16-6-4-5-14(13-16)19(26)27-3/h4-13H,1-3H3,(H2,21,22,23,24). The zero-order valence-corrected chi connectivity index (χ0v) is 15.4. The number of carbonyl (C=O) groups is 1. The molecule has 2 aromatic carbocycles. The number of esters is 1. The first-order chi connectivity index (χ1) is 13.0. The Hall–Kier alpha value is -3.61. The SMILES string of the molecule is COC(=O)c1cccc(Nc2nccc(Nc3ccc(N(C)C)cc3)n2)c1. The summed E-state index contributed by atoms with van der Waals surface area (Å²) >= 11 is 0. The molecule has 0 saturated carbocycles. The van der Waals surface area contributed by atoms with Gasteiger partial charge in [-0.1, -0.05) is 6.07 Å². The summed E-state index contributed by atoms with van der Waals surface area (Å²) in [6, 6.07) is 16.8. The molecule has 0 bridgehead atoms. The molecule has 3 aromatic rings. The maximum absolute atomic E-state index is 11.6. The first-order valence-electron chi connectivity index (χ1n) is 8.38. The first-order valence-corrected chi connectivity index (χ1v) is 8.38. The van der Waals surface area contributed by atoms with E-state index < -0.39 is 5.97 Å². The number of benzene rings is 2. The van der Waals surface area contributed by atoms with Gasteiger partial charge in [0, 0.05) is 37.4 Å². The van der Waals surface area contributed by atoms with Gasteiger partial charge in [-0.05, 0) is 48.5 Å². The molecular formula is C20H21N5O2. The Labute approximate surface area is 158 Å². The molecule has 0 aliphatic rings. The lowest BCUT2D eigenvalue weighted by Gasteiger charge is -2.13. The number of anilines is 5. The third-order valence-corrected chi connectivity index (χ3v) is 3.85. The van der Waals surface area contributed by atoms with Crippen molar-refractivity contribution in [1.82, 2.24) is 9.97 Å². The monoisotopic (exact) mass is 363 g/mol. The molecule has 0 aliphatic heterocycles. The molecule has 0 spiro atoms. The summed E-state index contributed by atoms with van der Waals surface area (Å²) in [6.45, 7) is 0. The van der Waals surface area contributed by atoms with Crippen molar-refractivity contribution >= 4 is 34.8 Å². The number of rotatable bonds is 6. The number of carbonyl (C=O) groups excluding carboxylic acids is 1. The third-order valence-electron chi connectivity index (χ3n) is 3.85. The van der Waals surface area contributed by atoms with Crippen LogP contribution in [0.3, 0.4) is 0 Å². The second kappa shape index (κ2) is 8.18. The van der Waals surface area contributed by atoms with Gasteiger partial charge in [-0.3, -0.25) is 0 Å². The van der Waals surface area contributed by atoms with Crippen LogP contribution < -0.4 is 15.5 Å². The van der Waals surface area contributed by atoms with Crippen LogP contribution in [0.15, 0.2) is 60.8 Å². The molecule has 0 fully saturated rings. The average molecular weight is 363 g/mol. The van der Waals surface area contributed by atoms with E-state index in [1.165, 1.54) is 7.11 Å². The van der Waals surface area contributed by atoms with Crippen molar-refractivity contribution in [2.45, 2.75) is 0 Å². The summed E-state index contributed by atoms with van der Waals surface area (Å²) in [5.41, 5.74) is 3.21. The van der Waals surface area contributed by atoms with E-state index in [0.717, 1.165) is 11.4 Å². The molecule has 0 aliphatic carbocycles. The van der Waals surface area contributed by atoms with Crippen molar-refractivity contribution < 1.29 is 9.53 Å². The highest BCUT2D eigenvalue weighted by atomic mass is 16.5. The van der Waals surface area contributed by atoms with Crippen LogP contribution in [-0.2, 0) is 4.74 Å². The number of hydrogen-bond donors (Lipinski definition) is 2. The minimum Gasteiger partial charge on any atom is -0.465 e. The molecule has 0 amide bonds. The van der Waals surface area contributed by atoms with E-state index in [1.807, 2.05) is 49.3 Å². The highest BCUT2D eigenvalue weighted by Crippen LogP contribution is 2.21. The summed E-state index contributed by atoms with van der Waals surface area (Å²) in [4.78, 5) is 22.4. The predicted octanol–water partition coefficient (Wildman–Crippen LogP) is 3.82. The van der Waals surface area contributed by atoms with Crippen molar-refractivity contribution in [3.05, 3.63) is 66.4 Å². The summed E-state index contributed by atoms with van der Waals surface area (Å²) in [7, 11) is 5.35. The van der Waals surface area contributed by atoms with Crippen molar-refractivity contribution in [2.24, 2.45) is 0 Å². The van der Waals surface area contributed by atoms with E-state index >= 15 is 0 Å². The lowest BCUT2D eigenvalue weighted by Crippen LogP contribution is -2.08. The van der Waals surface area contributed by atoms with Gasteiger partial charge in [0.2, 0.25) is 5.95 Å². The van der Waals surface area contributed by atoms with E-state index in [-0.39, 0.29) is 0 Å². The molecule has 138 valence electrons. The van der Waals surface area contributed by atoms with Crippen molar-refractivity contribution in [3.63, 3.8) is 0 Å². The molecule has 1 aromatic heterocycles. The van der Waals surface area contributed by atoms with Crippen LogP contribution in [0, 0.1) is 0 Å². The lowest BCUT2D eigenvalue weighted by molar-refractivity contribution is 0.0601. The molecule has 0 unspecified atom stereocenters. The molecule has 2 N–H and O–H groups in total. The highest BCUT2D eigenvalue weighted by molar-refractivity contribution is 5.90. The Morgan fingerprint density at radius 1 is 1.00 bits per heavy atom. The maximum atomic E-state index is 11.6. The summed E-state index contributed by atoms with van der Waals surface area (Å²) in [5, 5.41) is 6.35. The zero-order valence-electron chi connectivity index (χ0n) is 15.4. The minimum absolute atomic E-state index is 0.392. The van der Waals surface area contributed by atoms with Gasteiger partial charge < -0.3 is 20.3 Å². The van der Waals surface area contributed by atoms with Crippen LogP contribution in [0.25, 0.3) is 0 Å². The molecule has 7 nitrogen and oxygen atoms in total. The van der Waals surface area contributed by atoms with E-state index in [2.05, 4.69) is 20.6 Å². The molecular weight excluding hydrogens is 342 g/mol. The fourth-order valence-electron chi connectivity index (χ4n) is 2.45. The number of nitrogens with zero attached hydrogens (tertiary/aromatic N) is 3.